The molecule has 0 amide bonds. The van der Waals surface area contributed by atoms with E-state index in [1.807, 2.05) is 13.0 Å². The summed E-state index contributed by atoms with van der Waals surface area (Å²) in [5.41, 5.74) is 3.85. The fourth-order valence-electron chi connectivity index (χ4n) is 2.41. The van der Waals surface area contributed by atoms with Crippen molar-refractivity contribution in [3.63, 3.8) is 0 Å². The monoisotopic (exact) mass is 461 g/mol. The minimum Gasteiger partial charge on any atom is -0.506 e. The summed E-state index contributed by atoms with van der Waals surface area (Å²) < 4.78 is 4.41. The van der Waals surface area contributed by atoms with Gasteiger partial charge >= 0.3 is 5.97 Å². The highest BCUT2D eigenvalue weighted by molar-refractivity contribution is 6.02. The maximum atomic E-state index is 10.7. The van der Waals surface area contributed by atoms with Crippen LogP contribution in [0.1, 0.15) is 35.7 Å². The number of carbonyl (C=O) groups excluding carboxylic acids is 2. The topological polar surface area (TPSA) is 153 Å². The third-order valence-electron chi connectivity index (χ3n) is 3.95. The molecule has 0 bridgehead atoms. The van der Waals surface area contributed by atoms with Crippen LogP contribution in [-0.4, -0.2) is 66.1 Å². The van der Waals surface area contributed by atoms with Crippen molar-refractivity contribution in [2.45, 2.75) is 13.8 Å². The first kappa shape index (κ1) is 25.6. The molecule has 1 N–H and O–H groups in total. The van der Waals surface area contributed by atoms with Crippen molar-refractivity contribution in [3.05, 3.63) is 85.0 Å². The van der Waals surface area contributed by atoms with Crippen molar-refractivity contribution in [3.8, 4) is 0 Å². The molecule has 11 nitrogen and oxygen atoms in total. The highest BCUT2D eigenvalue weighted by atomic mass is 16.5. The summed E-state index contributed by atoms with van der Waals surface area (Å²) in [6, 6.07) is 4.92. The molecule has 0 aliphatic carbocycles. The van der Waals surface area contributed by atoms with Crippen LogP contribution in [0, 0.1) is 0 Å². The van der Waals surface area contributed by atoms with Crippen LogP contribution >= 0.6 is 0 Å². The van der Waals surface area contributed by atoms with Crippen molar-refractivity contribution in [1.82, 2.24) is 29.9 Å². The molecule has 11 heteroatoms. The second-order valence-electron chi connectivity index (χ2n) is 6.54. The first-order valence-corrected chi connectivity index (χ1v) is 9.90. The molecule has 174 valence electrons. The molecule has 0 spiro atoms. The van der Waals surface area contributed by atoms with Gasteiger partial charge in [0.2, 0.25) is 0 Å². The zero-order chi connectivity index (χ0) is 24.8. The lowest BCUT2D eigenvalue weighted by Crippen LogP contribution is -2.03. The zero-order valence-electron chi connectivity index (χ0n) is 18.9. The van der Waals surface area contributed by atoms with Gasteiger partial charge in [0.05, 0.1) is 19.3 Å². The highest BCUT2D eigenvalue weighted by Gasteiger charge is 2.07. The van der Waals surface area contributed by atoms with Gasteiger partial charge in [0, 0.05) is 36.0 Å². The molecule has 0 radical (unpaired) electrons. The fourth-order valence-corrected chi connectivity index (χ4v) is 2.41. The van der Waals surface area contributed by atoms with Crippen LogP contribution in [0.15, 0.2) is 72.9 Å². The average molecular weight is 461 g/mol. The predicted octanol–water partition coefficient (Wildman–Crippen LogP) is 2.56. The number of carbonyl (C=O) groups is 2. The van der Waals surface area contributed by atoms with E-state index in [2.05, 4.69) is 45.7 Å². The SMILES string of the molecule is CC(=O)C=C(O)c1ccncn1.CC1=NCC(c2ccncn2)=C1.COC(=O)c1ccncn1. The fraction of sp³-hybridized carbons (Fsp3) is 0.174. The second-order valence-corrected chi connectivity index (χ2v) is 6.54. The summed E-state index contributed by atoms with van der Waals surface area (Å²) in [5, 5.41) is 9.24. The van der Waals surface area contributed by atoms with Crippen LogP contribution in [0.2, 0.25) is 0 Å². The second kappa shape index (κ2) is 13.7. The number of aliphatic imine (C=N–C) groups is 1. The Morgan fingerprint density at radius 2 is 1.53 bits per heavy atom. The van der Waals surface area contributed by atoms with Gasteiger partial charge in [-0.05, 0) is 38.1 Å². The lowest BCUT2D eigenvalue weighted by atomic mass is 10.2. The summed E-state index contributed by atoms with van der Waals surface area (Å²) >= 11 is 0. The van der Waals surface area contributed by atoms with Crippen molar-refractivity contribution >= 4 is 28.8 Å². The normalized spacial score (nSPS) is 12.1. The van der Waals surface area contributed by atoms with E-state index in [4.69, 9.17) is 0 Å². The number of esters is 1. The van der Waals surface area contributed by atoms with Crippen molar-refractivity contribution in [1.29, 1.82) is 0 Å². The van der Waals surface area contributed by atoms with E-state index < -0.39 is 5.97 Å². The molecule has 4 rings (SSSR count). The molecule has 3 aromatic heterocycles. The number of nitrogens with zero attached hydrogens (tertiary/aromatic N) is 7. The number of allylic oxidation sites excluding steroid dienone is 2. The molecule has 0 fully saturated rings. The number of aliphatic hydroxyl groups is 1. The summed E-state index contributed by atoms with van der Waals surface area (Å²) in [4.78, 5) is 48.2. The van der Waals surface area contributed by atoms with Gasteiger partial charge in [-0.1, -0.05) is 0 Å². The van der Waals surface area contributed by atoms with Crippen molar-refractivity contribution in [2.24, 2.45) is 4.99 Å². The molecule has 4 heterocycles. The van der Waals surface area contributed by atoms with Crippen LogP contribution in [-0.2, 0) is 9.53 Å². The first-order valence-electron chi connectivity index (χ1n) is 9.90. The van der Waals surface area contributed by atoms with Crippen LogP contribution in [0.5, 0.6) is 0 Å². The predicted molar refractivity (Wildman–Crippen MR) is 125 cm³/mol. The summed E-state index contributed by atoms with van der Waals surface area (Å²) in [7, 11) is 1.31. The number of ketones is 1. The summed E-state index contributed by atoms with van der Waals surface area (Å²) in [6.45, 7) is 4.11. The molecule has 0 saturated heterocycles. The molecule has 3 aromatic rings. The number of aliphatic hydroxyl groups excluding tert-OH is 1. The standard InChI is InChI=1S/C9H9N3.C8H8N2O2.C6H6N2O2/c1-7-4-8(5-11-7)9-2-3-10-6-12-9;1-6(11)4-8(12)7-2-3-9-5-10-7;1-10-6(9)5-2-3-7-4-8-5/h2-4,6H,5H2,1H3;2-5,12H,1H3;2-4H,1H3. The maximum absolute atomic E-state index is 10.7. The van der Waals surface area contributed by atoms with Crippen LogP contribution in [0.25, 0.3) is 11.3 Å². The van der Waals surface area contributed by atoms with Crippen LogP contribution in [0.4, 0.5) is 0 Å². The molecule has 34 heavy (non-hydrogen) atoms. The van der Waals surface area contributed by atoms with E-state index in [0.29, 0.717) is 5.69 Å². The van der Waals surface area contributed by atoms with Gasteiger partial charge < -0.3 is 9.84 Å². The number of ether oxygens (including phenoxy) is 1. The highest BCUT2D eigenvalue weighted by Crippen LogP contribution is 2.15. The number of hydrogen-bond donors (Lipinski definition) is 1. The number of aromatic nitrogens is 6. The third-order valence-corrected chi connectivity index (χ3v) is 3.95. The van der Waals surface area contributed by atoms with E-state index in [9.17, 15) is 14.7 Å². The Morgan fingerprint density at radius 3 is 1.97 bits per heavy atom. The molecule has 0 atom stereocenters. The van der Waals surface area contributed by atoms with Gasteiger partial charge in [-0.3, -0.25) is 9.79 Å². The maximum Gasteiger partial charge on any atom is 0.356 e. The van der Waals surface area contributed by atoms with Gasteiger partial charge in [0.25, 0.3) is 0 Å². The molecule has 0 aromatic carbocycles. The molecular weight excluding hydrogens is 438 g/mol. The van der Waals surface area contributed by atoms with Gasteiger partial charge in [0.15, 0.2) is 11.5 Å². The third kappa shape index (κ3) is 8.83. The number of hydrogen-bond acceptors (Lipinski definition) is 11. The molecular formula is C23H23N7O4. The summed E-state index contributed by atoms with van der Waals surface area (Å²) in [6.07, 6.45) is 12.1. The van der Waals surface area contributed by atoms with E-state index in [1.165, 1.54) is 56.8 Å². The minimum atomic E-state index is -0.442. The Balaban J connectivity index is 0.000000181. The van der Waals surface area contributed by atoms with Gasteiger partial charge in [-0.15, -0.1) is 0 Å². The van der Waals surface area contributed by atoms with E-state index in [1.54, 1.807) is 12.5 Å². The average Bonchev–Trinajstić information content (AvgIpc) is 3.32. The Bertz CT molecular complexity index is 1120. The van der Waals surface area contributed by atoms with Crippen molar-refractivity contribution < 1.29 is 19.4 Å². The number of rotatable bonds is 4. The smallest absolute Gasteiger partial charge is 0.356 e. The molecule has 1 aliphatic rings. The van der Waals surface area contributed by atoms with Gasteiger partial charge in [-0.25, -0.2) is 34.7 Å². The van der Waals surface area contributed by atoms with E-state index in [-0.39, 0.29) is 17.2 Å². The Hall–Kier alpha value is -4.67. The zero-order valence-corrected chi connectivity index (χ0v) is 18.9. The lowest BCUT2D eigenvalue weighted by Gasteiger charge is -1.96. The molecule has 0 saturated carbocycles. The lowest BCUT2D eigenvalue weighted by molar-refractivity contribution is -0.112. The largest absolute Gasteiger partial charge is 0.506 e. The van der Waals surface area contributed by atoms with E-state index >= 15 is 0 Å². The quantitative estimate of drug-likeness (QED) is 0.348. The molecule has 1 aliphatic heterocycles. The Labute approximate surface area is 196 Å². The van der Waals surface area contributed by atoms with Gasteiger partial charge in [-0.2, -0.15) is 0 Å². The summed E-state index contributed by atoms with van der Waals surface area (Å²) in [5.74, 6) is -0.793. The van der Waals surface area contributed by atoms with Crippen LogP contribution < -0.4 is 0 Å². The Morgan fingerprint density at radius 1 is 0.941 bits per heavy atom. The molecule has 0 unspecified atom stereocenters. The first-order chi connectivity index (χ1) is 16.4. The van der Waals surface area contributed by atoms with Crippen LogP contribution in [0.3, 0.4) is 0 Å². The van der Waals surface area contributed by atoms with Crippen molar-refractivity contribution in [2.75, 3.05) is 13.7 Å². The number of methoxy groups -OCH3 is 1. The van der Waals surface area contributed by atoms with Gasteiger partial charge in [0.1, 0.15) is 30.4 Å². The Kier molecular flexibility index (Phi) is 10.3. The minimum absolute atomic E-state index is 0.134. The van der Waals surface area contributed by atoms with E-state index in [0.717, 1.165) is 24.0 Å².